The third-order valence-corrected chi connectivity index (χ3v) is 6.93. The van der Waals surface area contributed by atoms with Gasteiger partial charge in [-0.2, -0.15) is 13.2 Å². The van der Waals surface area contributed by atoms with Crippen LogP contribution in [0.3, 0.4) is 0 Å². The molecular weight excluding hydrogens is 469 g/mol. The molecule has 2 aromatic rings. The molecule has 0 aliphatic carbocycles. The lowest BCUT2D eigenvalue weighted by molar-refractivity contribution is -0.137. The van der Waals surface area contributed by atoms with Crippen LogP contribution < -0.4 is 16.0 Å². The number of alkyl halides is 3. The van der Waals surface area contributed by atoms with E-state index in [1.807, 2.05) is 13.8 Å². The summed E-state index contributed by atoms with van der Waals surface area (Å²) in [5.74, 6) is -0.103. The Hall–Kier alpha value is -3.07. The topological polar surface area (TPSA) is 73.5 Å². The Labute approximate surface area is 209 Å². The summed E-state index contributed by atoms with van der Waals surface area (Å²) < 4.78 is 40.4. The Morgan fingerprint density at radius 3 is 2.47 bits per heavy atom. The van der Waals surface area contributed by atoms with Gasteiger partial charge in [-0.3, -0.25) is 9.59 Å². The predicted molar refractivity (Wildman–Crippen MR) is 135 cm³/mol. The molecule has 36 heavy (non-hydrogen) atoms. The molecule has 1 saturated heterocycles. The van der Waals surface area contributed by atoms with Gasteiger partial charge in [0.15, 0.2) is 0 Å². The molecule has 0 bridgehead atoms. The average Bonchev–Trinajstić information content (AvgIpc) is 3.01. The lowest BCUT2D eigenvalue weighted by atomic mass is 9.86. The van der Waals surface area contributed by atoms with Crippen molar-refractivity contribution in [3.05, 3.63) is 53.1 Å². The van der Waals surface area contributed by atoms with E-state index in [4.69, 9.17) is 0 Å². The maximum Gasteiger partial charge on any atom is 0.416 e. The second-order valence-corrected chi connectivity index (χ2v) is 10.7. The Kier molecular flexibility index (Phi) is 7.05. The molecule has 9 heteroatoms. The molecule has 2 amide bonds. The number of nitrogens with zero attached hydrogens (tertiary/aromatic N) is 1. The van der Waals surface area contributed by atoms with Crippen LogP contribution in [-0.4, -0.2) is 42.4 Å². The van der Waals surface area contributed by atoms with E-state index in [-0.39, 0.29) is 23.2 Å². The first kappa shape index (κ1) is 26.0. The van der Waals surface area contributed by atoms with Crippen molar-refractivity contribution in [2.75, 3.05) is 35.6 Å². The van der Waals surface area contributed by atoms with Gasteiger partial charge >= 0.3 is 6.18 Å². The van der Waals surface area contributed by atoms with E-state index in [1.165, 1.54) is 6.07 Å². The Morgan fingerprint density at radius 1 is 1.14 bits per heavy atom. The fourth-order valence-corrected chi connectivity index (χ4v) is 4.90. The van der Waals surface area contributed by atoms with Crippen molar-refractivity contribution in [1.29, 1.82) is 0 Å². The fraction of sp³-hybridized carbons (Fsp3) is 0.481. The molecule has 0 saturated carbocycles. The summed E-state index contributed by atoms with van der Waals surface area (Å²) in [6.07, 6.45) is -2.95. The number of piperidine rings is 1. The van der Waals surface area contributed by atoms with Crippen molar-refractivity contribution in [2.45, 2.75) is 58.2 Å². The molecular formula is C27H33F3N4O2. The van der Waals surface area contributed by atoms with Crippen molar-refractivity contribution >= 4 is 28.9 Å². The Bertz CT molecular complexity index is 1150. The molecule has 2 aliphatic heterocycles. The van der Waals surface area contributed by atoms with Crippen LogP contribution in [0.2, 0.25) is 0 Å². The summed E-state index contributed by atoms with van der Waals surface area (Å²) in [5.41, 5.74) is 0.712. The molecule has 0 radical (unpaired) electrons. The number of likely N-dealkylation sites (tertiary alicyclic amines) is 1. The van der Waals surface area contributed by atoms with Crippen LogP contribution in [-0.2, 0) is 16.4 Å². The van der Waals surface area contributed by atoms with E-state index >= 15 is 0 Å². The maximum absolute atomic E-state index is 13.5. The van der Waals surface area contributed by atoms with Gasteiger partial charge in [-0.05, 0) is 68.5 Å². The van der Waals surface area contributed by atoms with Crippen molar-refractivity contribution in [1.82, 2.24) is 4.90 Å². The molecule has 4 rings (SSSR count). The average molecular weight is 503 g/mol. The predicted octanol–water partition coefficient (Wildman–Crippen LogP) is 5.72. The molecule has 2 heterocycles. The van der Waals surface area contributed by atoms with Crippen LogP contribution in [0.25, 0.3) is 0 Å². The first-order valence-corrected chi connectivity index (χ1v) is 12.3. The minimum absolute atomic E-state index is 0.0270. The standard InChI is InChI=1S/C27H33F3N4O2/c1-16(2)15-34-11-9-18(10-12-34)31-22-13-17(27(28,29)30)5-7-20(22)24(35)32-19-6-8-21-23(14-19)33-25(36)26(21,3)4/h5-8,13-14,16,18,31H,9-12,15H2,1-4H3,(H,32,35)(H,33,36). The highest BCUT2D eigenvalue weighted by Gasteiger charge is 2.38. The van der Waals surface area contributed by atoms with E-state index in [1.54, 1.807) is 18.2 Å². The van der Waals surface area contributed by atoms with Crippen molar-refractivity contribution in [3.63, 3.8) is 0 Å². The highest BCUT2D eigenvalue weighted by molar-refractivity contribution is 6.10. The number of carbonyl (C=O) groups is 2. The van der Waals surface area contributed by atoms with E-state index < -0.39 is 23.1 Å². The van der Waals surface area contributed by atoms with Crippen LogP contribution in [0.4, 0.5) is 30.2 Å². The molecule has 194 valence electrons. The van der Waals surface area contributed by atoms with E-state index in [0.29, 0.717) is 17.3 Å². The number of amides is 2. The minimum atomic E-state index is -4.52. The van der Waals surface area contributed by atoms with Gasteiger partial charge in [-0.1, -0.05) is 19.9 Å². The molecule has 6 nitrogen and oxygen atoms in total. The number of benzene rings is 2. The maximum atomic E-state index is 13.5. The fourth-order valence-electron chi connectivity index (χ4n) is 4.90. The smallest absolute Gasteiger partial charge is 0.382 e. The quantitative estimate of drug-likeness (QED) is 0.473. The molecule has 2 aromatic carbocycles. The van der Waals surface area contributed by atoms with Crippen LogP contribution in [0, 0.1) is 5.92 Å². The molecule has 0 aromatic heterocycles. The summed E-state index contributed by atoms with van der Waals surface area (Å²) >= 11 is 0. The molecule has 0 spiro atoms. The van der Waals surface area contributed by atoms with Gasteiger partial charge in [-0.15, -0.1) is 0 Å². The number of hydrogen-bond acceptors (Lipinski definition) is 4. The van der Waals surface area contributed by atoms with Crippen LogP contribution in [0.1, 0.15) is 62.0 Å². The van der Waals surface area contributed by atoms with Gasteiger partial charge in [-0.25, -0.2) is 0 Å². The summed E-state index contributed by atoms with van der Waals surface area (Å²) in [5, 5.41) is 8.81. The first-order chi connectivity index (χ1) is 16.8. The van der Waals surface area contributed by atoms with Gasteiger partial charge in [0, 0.05) is 42.7 Å². The number of rotatable bonds is 6. The highest BCUT2D eigenvalue weighted by Crippen LogP contribution is 2.39. The zero-order valence-electron chi connectivity index (χ0n) is 21.1. The number of anilines is 3. The van der Waals surface area contributed by atoms with Crippen molar-refractivity contribution in [3.8, 4) is 0 Å². The van der Waals surface area contributed by atoms with Crippen molar-refractivity contribution < 1.29 is 22.8 Å². The lowest BCUT2D eigenvalue weighted by Gasteiger charge is -2.34. The summed E-state index contributed by atoms with van der Waals surface area (Å²) in [4.78, 5) is 27.8. The van der Waals surface area contributed by atoms with Crippen LogP contribution in [0.5, 0.6) is 0 Å². The summed E-state index contributed by atoms with van der Waals surface area (Å²) in [6, 6.07) is 8.27. The van der Waals surface area contributed by atoms with Gasteiger partial charge < -0.3 is 20.9 Å². The normalized spacial score (nSPS) is 18.2. The van der Waals surface area contributed by atoms with Gasteiger partial charge in [0.1, 0.15) is 0 Å². The molecule has 3 N–H and O–H groups in total. The number of carbonyl (C=O) groups excluding carboxylic acids is 2. The van der Waals surface area contributed by atoms with E-state index in [9.17, 15) is 22.8 Å². The Balaban J connectivity index is 1.54. The largest absolute Gasteiger partial charge is 0.416 e. The van der Waals surface area contributed by atoms with E-state index in [0.717, 1.165) is 50.2 Å². The lowest BCUT2D eigenvalue weighted by Crippen LogP contribution is -2.40. The molecule has 0 atom stereocenters. The number of halogens is 3. The van der Waals surface area contributed by atoms with Gasteiger partial charge in [0.05, 0.1) is 16.5 Å². The zero-order valence-corrected chi connectivity index (χ0v) is 21.1. The third kappa shape index (κ3) is 5.51. The third-order valence-electron chi connectivity index (χ3n) is 6.93. The second-order valence-electron chi connectivity index (χ2n) is 10.7. The zero-order chi connectivity index (χ0) is 26.3. The van der Waals surface area contributed by atoms with E-state index in [2.05, 4.69) is 34.7 Å². The monoisotopic (exact) mass is 502 g/mol. The molecule has 0 unspecified atom stereocenters. The van der Waals surface area contributed by atoms with Crippen LogP contribution in [0.15, 0.2) is 36.4 Å². The SMILES string of the molecule is CC(C)CN1CCC(Nc2cc(C(F)(F)F)ccc2C(=O)Nc2ccc3c(c2)NC(=O)C3(C)C)CC1. The number of fused-ring (bicyclic) bond motifs is 1. The second kappa shape index (κ2) is 9.76. The van der Waals surface area contributed by atoms with Gasteiger partial charge in [0.2, 0.25) is 5.91 Å². The summed E-state index contributed by atoms with van der Waals surface area (Å²) in [6.45, 7) is 10.7. The Morgan fingerprint density at radius 2 is 1.83 bits per heavy atom. The molecule has 1 fully saturated rings. The van der Waals surface area contributed by atoms with Gasteiger partial charge in [0.25, 0.3) is 5.91 Å². The first-order valence-electron chi connectivity index (χ1n) is 12.3. The molecule has 2 aliphatic rings. The number of hydrogen-bond donors (Lipinski definition) is 3. The van der Waals surface area contributed by atoms with Crippen molar-refractivity contribution in [2.24, 2.45) is 5.92 Å². The summed E-state index contributed by atoms with van der Waals surface area (Å²) in [7, 11) is 0. The number of nitrogens with one attached hydrogen (secondary N) is 3. The highest BCUT2D eigenvalue weighted by atomic mass is 19.4. The van der Waals surface area contributed by atoms with Crippen LogP contribution >= 0.6 is 0 Å². The minimum Gasteiger partial charge on any atom is -0.382 e.